The number of carboxylic acid groups (broad SMARTS) is 1. The van der Waals surface area contributed by atoms with Gasteiger partial charge < -0.3 is 15.2 Å². The molecule has 0 unspecified atom stereocenters. The predicted molar refractivity (Wildman–Crippen MR) is 148 cm³/mol. The predicted octanol–water partition coefficient (Wildman–Crippen LogP) is 8.11. The Bertz CT molecular complexity index is 537. The van der Waals surface area contributed by atoms with Gasteiger partial charge in [0.15, 0.2) is 0 Å². The van der Waals surface area contributed by atoms with Crippen molar-refractivity contribution in [2.24, 2.45) is 0 Å². The zero-order chi connectivity index (χ0) is 26.7. The normalized spacial score (nSPS) is 11.8. The largest absolute Gasteiger partial charge is 0.480 e. The van der Waals surface area contributed by atoms with E-state index in [0.29, 0.717) is 13.0 Å². The maximum Gasteiger partial charge on any atom is 0.326 e. The van der Waals surface area contributed by atoms with Crippen LogP contribution in [0.4, 0.5) is 0 Å². The number of aliphatic carboxylic acids is 1. The highest BCUT2D eigenvalue weighted by Crippen LogP contribution is 2.13. The van der Waals surface area contributed by atoms with Gasteiger partial charge in [0, 0.05) is 6.42 Å². The van der Waals surface area contributed by atoms with Gasteiger partial charge in [-0.2, -0.15) is 0 Å². The van der Waals surface area contributed by atoms with Gasteiger partial charge in [0.25, 0.3) is 0 Å². The summed E-state index contributed by atoms with van der Waals surface area (Å²) in [6.07, 6.45) is 25.2. The summed E-state index contributed by atoms with van der Waals surface area (Å²) in [5.41, 5.74) is 0. The molecule has 0 bridgehead atoms. The van der Waals surface area contributed by atoms with Crippen molar-refractivity contribution in [3.63, 3.8) is 0 Å². The lowest BCUT2D eigenvalue weighted by Gasteiger charge is -2.14. The molecule has 0 saturated heterocycles. The third kappa shape index (κ3) is 24.1. The van der Waals surface area contributed by atoms with Gasteiger partial charge in [-0.15, -0.1) is 0 Å². The minimum atomic E-state index is -1.22. The maximum absolute atomic E-state index is 12.1. The number of esters is 1. The van der Waals surface area contributed by atoms with Crippen LogP contribution in [0.2, 0.25) is 0 Å². The first kappa shape index (κ1) is 34.4. The van der Waals surface area contributed by atoms with Crippen LogP contribution in [0.3, 0.4) is 0 Å². The molecule has 0 aliphatic carbocycles. The van der Waals surface area contributed by atoms with E-state index in [1.165, 1.54) is 96.3 Å². The molecule has 36 heavy (non-hydrogen) atoms. The van der Waals surface area contributed by atoms with Gasteiger partial charge in [-0.3, -0.25) is 9.59 Å². The number of nitrogens with one attached hydrogen (secondary N) is 1. The van der Waals surface area contributed by atoms with E-state index in [-0.39, 0.29) is 12.3 Å². The van der Waals surface area contributed by atoms with E-state index in [1.54, 1.807) is 0 Å². The van der Waals surface area contributed by atoms with E-state index in [2.05, 4.69) is 19.2 Å². The Morgan fingerprint density at radius 2 is 1.00 bits per heavy atom. The van der Waals surface area contributed by atoms with Crippen LogP contribution in [0, 0.1) is 0 Å². The van der Waals surface area contributed by atoms with Gasteiger partial charge in [0.2, 0.25) is 5.91 Å². The minimum Gasteiger partial charge on any atom is -0.480 e. The first-order valence-electron chi connectivity index (χ1n) is 15.2. The maximum atomic E-state index is 12.1. The monoisotopic (exact) mass is 511 g/mol. The molecule has 6 nitrogen and oxygen atoms in total. The molecule has 0 saturated carbocycles. The van der Waals surface area contributed by atoms with Crippen LogP contribution in [0.25, 0.3) is 0 Å². The average Bonchev–Trinajstić information content (AvgIpc) is 2.85. The van der Waals surface area contributed by atoms with Crippen LogP contribution in [0.1, 0.15) is 162 Å². The summed E-state index contributed by atoms with van der Waals surface area (Å²) in [6.45, 7) is 4.77. The van der Waals surface area contributed by atoms with E-state index < -0.39 is 18.0 Å². The molecule has 0 aromatic carbocycles. The first-order chi connectivity index (χ1) is 17.5. The highest BCUT2D eigenvalue weighted by molar-refractivity contribution is 5.87. The average molecular weight is 512 g/mol. The molecule has 0 aliphatic rings. The summed E-state index contributed by atoms with van der Waals surface area (Å²) in [5, 5.41) is 11.8. The van der Waals surface area contributed by atoms with E-state index in [9.17, 15) is 19.5 Å². The highest BCUT2D eigenvalue weighted by Gasteiger charge is 2.23. The number of unbranched alkanes of at least 4 members (excludes halogenated alkanes) is 19. The van der Waals surface area contributed by atoms with E-state index >= 15 is 0 Å². The van der Waals surface area contributed by atoms with E-state index in [0.717, 1.165) is 38.5 Å². The molecule has 0 aliphatic heterocycles. The number of hydrogen-bond acceptors (Lipinski definition) is 4. The lowest BCUT2D eigenvalue weighted by molar-refractivity contribution is -0.150. The number of carbonyl (C=O) groups is 3. The Morgan fingerprint density at radius 3 is 1.42 bits per heavy atom. The van der Waals surface area contributed by atoms with E-state index in [4.69, 9.17) is 4.74 Å². The molecule has 0 fully saturated rings. The second-order valence-electron chi connectivity index (χ2n) is 10.4. The quantitative estimate of drug-likeness (QED) is 0.0858. The number of amides is 1. The third-order valence-electron chi connectivity index (χ3n) is 6.77. The zero-order valence-corrected chi connectivity index (χ0v) is 23.6. The van der Waals surface area contributed by atoms with Crippen molar-refractivity contribution in [2.75, 3.05) is 6.61 Å². The summed E-state index contributed by atoms with van der Waals surface area (Å²) in [7, 11) is 0. The zero-order valence-electron chi connectivity index (χ0n) is 23.6. The molecule has 1 atom stereocenters. The molecule has 0 spiro atoms. The number of carbonyl (C=O) groups excluding carboxylic acids is 2. The lowest BCUT2D eigenvalue weighted by atomic mass is 10.1. The molecule has 0 heterocycles. The molecule has 1 amide bonds. The number of carboxylic acids is 1. The van der Waals surface area contributed by atoms with Crippen molar-refractivity contribution in [1.29, 1.82) is 0 Å². The molecule has 0 rings (SSSR count). The molecule has 0 aromatic rings. The van der Waals surface area contributed by atoms with Gasteiger partial charge in [-0.1, -0.05) is 136 Å². The minimum absolute atomic E-state index is 0.299. The lowest BCUT2D eigenvalue weighted by Crippen LogP contribution is -2.42. The van der Waals surface area contributed by atoms with Gasteiger partial charge in [0.1, 0.15) is 6.04 Å². The smallest absolute Gasteiger partial charge is 0.326 e. The topological polar surface area (TPSA) is 92.7 Å². The Hall–Kier alpha value is -1.59. The Balaban J connectivity index is 3.72. The fraction of sp³-hybridized carbons (Fsp3) is 0.900. The van der Waals surface area contributed by atoms with Crippen molar-refractivity contribution in [1.82, 2.24) is 5.32 Å². The van der Waals surface area contributed by atoms with Crippen LogP contribution in [-0.2, 0) is 19.1 Å². The van der Waals surface area contributed by atoms with Gasteiger partial charge in [-0.05, 0) is 12.8 Å². The summed E-state index contributed by atoms with van der Waals surface area (Å²) in [6, 6.07) is -1.22. The first-order valence-corrected chi connectivity index (χ1v) is 15.2. The molecular formula is C30H57NO5. The summed E-state index contributed by atoms with van der Waals surface area (Å²) < 4.78 is 5.20. The van der Waals surface area contributed by atoms with Crippen molar-refractivity contribution in [3.05, 3.63) is 0 Å². The van der Waals surface area contributed by atoms with E-state index in [1.807, 2.05) is 0 Å². The van der Waals surface area contributed by atoms with Crippen LogP contribution in [-0.4, -0.2) is 35.6 Å². The molecule has 2 N–H and O–H groups in total. The second-order valence-corrected chi connectivity index (χ2v) is 10.4. The molecular weight excluding hydrogens is 454 g/mol. The summed E-state index contributed by atoms with van der Waals surface area (Å²) >= 11 is 0. The summed E-state index contributed by atoms with van der Waals surface area (Å²) in [4.78, 5) is 35.6. The Labute approximate surface area is 221 Å². The molecule has 212 valence electrons. The van der Waals surface area contributed by atoms with Gasteiger partial charge >= 0.3 is 11.9 Å². The van der Waals surface area contributed by atoms with Crippen LogP contribution in [0.5, 0.6) is 0 Å². The summed E-state index contributed by atoms with van der Waals surface area (Å²) in [5.74, 6) is -2.06. The van der Waals surface area contributed by atoms with Crippen molar-refractivity contribution in [2.45, 2.75) is 168 Å². The molecule has 0 radical (unpaired) electrons. The van der Waals surface area contributed by atoms with Crippen LogP contribution in [0.15, 0.2) is 0 Å². The Kier molecular flexibility index (Phi) is 25.3. The van der Waals surface area contributed by atoms with Crippen LogP contribution >= 0.6 is 0 Å². The van der Waals surface area contributed by atoms with Gasteiger partial charge in [0.05, 0.1) is 13.0 Å². The fourth-order valence-electron chi connectivity index (χ4n) is 4.42. The van der Waals surface area contributed by atoms with Crippen molar-refractivity contribution >= 4 is 17.8 Å². The number of ether oxygens (including phenoxy) is 1. The van der Waals surface area contributed by atoms with Crippen LogP contribution < -0.4 is 5.32 Å². The Morgan fingerprint density at radius 1 is 0.611 bits per heavy atom. The standard InChI is InChI=1S/C30H57NO5/c1-3-5-7-9-11-13-14-15-17-19-21-23-25-36-29(33)26-27(30(34)35)31-28(32)24-22-20-18-16-12-10-8-6-4-2/h27H,3-26H2,1-2H3,(H,31,32)(H,34,35)/t27-/m0/s1. The van der Waals surface area contributed by atoms with Crippen molar-refractivity contribution < 1.29 is 24.2 Å². The number of rotatable bonds is 27. The SMILES string of the molecule is CCCCCCCCCCCCCCOC(=O)C[C@H](NC(=O)CCCCCCCCCCC)C(=O)O. The molecule has 6 heteroatoms. The third-order valence-corrected chi connectivity index (χ3v) is 6.77. The number of hydrogen-bond donors (Lipinski definition) is 2. The fourth-order valence-corrected chi connectivity index (χ4v) is 4.42. The van der Waals surface area contributed by atoms with Crippen molar-refractivity contribution in [3.8, 4) is 0 Å². The second kappa shape index (κ2) is 26.5. The highest BCUT2D eigenvalue weighted by atomic mass is 16.5. The van der Waals surface area contributed by atoms with Gasteiger partial charge in [-0.25, -0.2) is 4.79 Å². The molecule has 0 aromatic heterocycles.